The Morgan fingerprint density at radius 1 is 0.585 bits per heavy atom. The highest BCUT2D eigenvalue weighted by Gasteiger charge is 2.21. The minimum Gasteiger partial charge on any atom is -0.454 e. The van der Waals surface area contributed by atoms with Crippen molar-refractivity contribution in [1.29, 1.82) is 0 Å². The summed E-state index contributed by atoms with van der Waals surface area (Å²) in [4.78, 5) is 24.5. The number of hydrogen-bond donors (Lipinski definition) is 2. The molecule has 0 atom stereocenters. The molecule has 4 rings (SSSR count). The van der Waals surface area contributed by atoms with Crippen molar-refractivity contribution in [2.75, 3.05) is 16.1 Å². The summed E-state index contributed by atoms with van der Waals surface area (Å²) in [5.41, 5.74) is -0.864. The first-order valence-electron chi connectivity index (χ1n) is 11.5. The second-order valence-corrected chi connectivity index (χ2v) is 11.8. The molecular formula is C27H19F3N2O7S2. The molecule has 0 unspecified atom stereocenters. The zero-order valence-corrected chi connectivity index (χ0v) is 22.3. The maximum atomic E-state index is 13.3. The molecule has 212 valence electrons. The molecule has 0 spiro atoms. The van der Waals surface area contributed by atoms with Gasteiger partial charge in [-0.3, -0.25) is 14.2 Å². The molecule has 14 heteroatoms. The number of ketones is 1. The maximum absolute atomic E-state index is 13.3. The van der Waals surface area contributed by atoms with E-state index in [1.165, 1.54) is 12.1 Å². The number of benzene rings is 4. The van der Waals surface area contributed by atoms with Crippen LogP contribution in [-0.2, 0) is 24.8 Å². The summed E-state index contributed by atoms with van der Waals surface area (Å²) >= 11 is 0. The van der Waals surface area contributed by atoms with Crippen LogP contribution in [0.3, 0.4) is 0 Å². The Kier molecular flexibility index (Phi) is 8.44. The Balaban J connectivity index is 1.64. The number of sulfonamides is 2. The number of carbonyl (C=O) groups excluding carboxylic acids is 2. The number of carbonyl (C=O) groups is 2. The summed E-state index contributed by atoms with van der Waals surface area (Å²) in [7, 11) is -8.66. The Labute approximate surface area is 232 Å². The van der Waals surface area contributed by atoms with E-state index in [4.69, 9.17) is 4.74 Å². The predicted molar refractivity (Wildman–Crippen MR) is 142 cm³/mol. The van der Waals surface area contributed by atoms with Crippen molar-refractivity contribution >= 4 is 43.2 Å². The summed E-state index contributed by atoms with van der Waals surface area (Å²) < 4.78 is 100. The lowest BCUT2D eigenvalue weighted by molar-refractivity contribution is 0.0475. The van der Waals surface area contributed by atoms with Gasteiger partial charge in [0.25, 0.3) is 20.0 Å². The summed E-state index contributed by atoms with van der Waals surface area (Å²) in [5, 5.41) is 0. The van der Waals surface area contributed by atoms with E-state index in [1.54, 1.807) is 0 Å². The minimum atomic E-state index is -4.33. The van der Waals surface area contributed by atoms with Crippen LogP contribution in [0.1, 0.15) is 20.7 Å². The van der Waals surface area contributed by atoms with E-state index < -0.39 is 55.9 Å². The van der Waals surface area contributed by atoms with E-state index in [1.807, 2.05) is 0 Å². The van der Waals surface area contributed by atoms with Crippen LogP contribution in [0.4, 0.5) is 24.5 Å². The van der Waals surface area contributed by atoms with Crippen molar-refractivity contribution in [3.8, 4) is 0 Å². The number of Topliss-reactive ketones (excluding diaryl/α,β-unsaturated/α-hetero) is 1. The van der Waals surface area contributed by atoms with E-state index in [9.17, 15) is 39.6 Å². The van der Waals surface area contributed by atoms with Crippen LogP contribution in [0, 0.1) is 17.5 Å². The van der Waals surface area contributed by atoms with Crippen molar-refractivity contribution < 1.29 is 44.3 Å². The number of halogens is 3. The third kappa shape index (κ3) is 7.49. The van der Waals surface area contributed by atoms with Crippen molar-refractivity contribution in [2.24, 2.45) is 0 Å². The van der Waals surface area contributed by atoms with E-state index in [0.29, 0.717) is 0 Å². The predicted octanol–water partition coefficient (Wildman–Crippen LogP) is 4.75. The van der Waals surface area contributed by atoms with Crippen LogP contribution in [0.15, 0.2) is 101 Å². The average molecular weight is 605 g/mol. The molecule has 0 saturated carbocycles. The molecule has 0 heterocycles. The van der Waals surface area contributed by atoms with Gasteiger partial charge in [-0.25, -0.2) is 34.8 Å². The van der Waals surface area contributed by atoms with Gasteiger partial charge in [-0.05, 0) is 91.0 Å². The SMILES string of the molecule is O=C(COC(=O)c1cc(NS(=O)(=O)c2ccc(F)cc2)cc(NS(=O)(=O)c2ccc(F)cc2)c1)c1ccc(F)cc1. The maximum Gasteiger partial charge on any atom is 0.338 e. The summed E-state index contributed by atoms with van der Waals surface area (Å²) in [6.45, 7) is -0.757. The third-order valence-corrected chi connectivity index (χ3v) is 8.22. The van der Waals surface area contributed by atoms with E-state index >= 15 is 0 Å². The molecule has 4 aromatic carbocycles. The first-order chi connectivity index (χ1) is 19.3. The normalized spacial score (nSPS) is 11.5. The molecule has 0 saturated heterocycles. The molecule has 41 heavy (non-hydrogen) atoms. The number of esters is 1. The van der Waals surface area contributed by atoms with Crippen LogP contribution >= 0.6 is 0 Å². The number of ether oxygens (including phenoxy) is 1. The lowest BCUT2D eigenvalue weighted by Crippen LogP contribution is -2.17. The highest BCUT2D eigenvalue weighted by atomic mass is 32.2. The van der Waals surface area contributed by atoms with Gasteiger partial charge in [-0.2, -0.15) is 0 Å². The van der Waals surface area contributed by atoms with Crippen LogP contribution in [0.5, 0.6) is 0 Å². The fourth-order valence-electron chi connectivity index (χ4n) is 3.45. The van der Waals surface area contributed by atoms with Gasteiger partial charge in [-0.15, -0.1) is 0 Å². The van der Waals surface area contributed by atoms with Gasteiger partial charge in [-0.1, -0.05) is 0 Å². The van der Waals surface area contributed by atoms with Crippen LogP contribution in [0.25, 0.3) is 0 Å². The molecule has 0 aliphatic carbocycles. The minimum absolute atomic E-state index is 0.0627. The molecule has 0 aliphatic rings. The van der Waals surface area contributed by atoms with Gasteiger partial charge < -0.3 is 4.74 Å². The van der Waals surface area contributed by atoms with E-state index in [0.717, 1.165) is 78.9 Å². The Morgan fingerprint density at radius 3 is 1.39 bits per heavy atom. The van der Waals surface area contributed by atoms with Gasteiger partial charge in [0.15, 0.2) is 12.4 Å². The molecule has 0 amide bonds. The average Bonchev–Trinajstić information content (AvgIpc) is 2.91. The van der Waals surface area contributed by atoms with Crippen molar-refractivity contribution in [2.45, 2.75) is 9.79 Å². The van der Waals surface area contributed by atoms with Gasteiger partial charge in [0.2, 0.25) is 0 Å². The van der Waals surface area contributed by atoms with E-state index in [2.05, 4.69) is 9.44 Å². The van der Waals surface area contributed by atoms with E-state index in [-0.39, 0.29) is 32.3 Å². The largest absolute Gasteiger partial charge is 0.454 e. The first kappa shape index (κ1) is 29.3. The monoisotopic (exact) mass is 604 g/mol. The molecule has 0 bridgehead atoms. The van der Waals surface area contributed by atoms with Gasteiger partial charge >= 0.3 is 5.97 Å². The molecule has 9 nitrogen and oxygen atoms in total. The van der Waals surface area contributed by atoms with Crippen molar-refractivity contribution in [1.82, 2.24) is 0 Å². The molecule has 0 fully saturated rings. The Morgan fingerprint density at radius 2 is 0.976 bits per heavy atom. The quantitative estimate of drug-likeness (QED) is 0.197. The van der Waals surface area contributed by atoms with Crippen molar-refractivity contribution in [3.63, 3.8) is 0 Å². The van der Waals surface area contributed by atoms with Crippen LogP contribution in [-0.4, -0.2) is 35.2 Å². The molecule has 0 aromatic heterocycles. The number of anilines is 2. The molecule has 2 N–H and O–H groups in total. The molecule has 0 aliphatic heterocycles. The van der Waals surface area contributed by atoms with Crippen molar-refractivity contribution in [3.05, 3.63) is 120 Å². The van der Waals surface area contributed by atoms with Crippen LogP contribution in [0.2, 0.25) is 0 Å². The molecular weight excluding hydrogens is 585 g/mol. The summed E-state index contributed by atoms with van der Waals surface area (Å²) in [5.74, 6) is -3.72. The second kappa shape index (κ2) is 11.8. The third-order valence-electron chi connectivity index (χ3n) is 5.42. The highest BCUT2D eigenvalue weighted by molar-refractivity contribution is 7.93. The van der Waals surface area contributed by atoms with Crippen LogP contribution < -0.4 is 9.44 Å². The van der Waals surface area contributed by atoms with Gasteiger partial charge in [0.1, 0.15) is 17.5 Å². The highest BCUT2D eigenvalue weighted by Crippen LogP contribution is 2.25. The fraction of sp³-hybridized carbons (Fsp3) is 0.0370. The Hall–Kier alpha value is -4.69. The van der Waals surface area contributed by atoms with Gasteiger partial charge in [0, 0.05) is 5.56 Å². The smallest absolute Gasteiger partial charge is 0.338 e. The lowest BCUT2D eigenvalue weighted by atomic mass is 10.1. The zero-order valence-electron chi connectivity index (χ0n) is 20.7. The Bertz CT molecular complexity index is 1720. The zero-order chi connectivity index (χ0) is 29.8. The summed E-state index contributed by atoms with van der Waals surface area (Å²) in [6.07, 6.45) is 0. The standard InChI is InChI=1S/C27H19F3N2O7S2/c28-19-3-1-17(2-4-19)26(33)16-39-27(34)18-13-22(31-40(35,36)24-9-5-20(29)6-10-24)15-23(14-18)32-41(37,38)25-11-7-21(30)8-12-25/h1-15,31-32H,16H2. The summed E-state index contributed by atoms with van der Waals surface area (Å²) in [6, 6.07) is 15.3. The number of hydrogen-bond acceptors (Lipinski definition) is 7. The molecule has 0 radical (unpaired) electrons. The first-order valence-corrected chi connectivity index (χ1v) is 14.5. The fourth-order valence-corrected chi connectivity index (χ4v) is 5.53. The number of rotatable bonds is 10. The molecule has 4 aromatic rings. The van der Waals surface area contributed by atoms with Gasteiger partial charge in [0.05, 0.1) is 26.7 Å². The lowest BCUT2D eigenvalue weighted by Gasteiger charge is -2.14. The topological polar surface area (TPSA) is 136 Å². The second-order valence-electron chi connectivity index (χ2n) is 8.42. The number of nitrogens with one attached hydrogen (secondary N) is 2.